The van der Waals surface area contributed by atoms with Crippen molar-refractivity contribution >= 4 is 43.6 Å². The van der Waals surface area contributed by atoms with Crippen LogP contribution in [0.2, 0.25) is 0 Å². The predicted octanol–water partition coefficient (Wildman–Crippen LogP) is 5.57. The third-order valence-corrected chi connectivity index (χ3v) is 4.69. The Bertz CT molecular complexity index is 1210. The molecule has 0 saturated carbocycles. The van der Waals surface area contributed by atoms with Gasteiger partial charge in [-0.25, -0.2) is 0 Å². The van der Waals surface area contributed by atoms with E-state index in [-0.39, 0.29) is 0 Å². The van der Waals surface area contributed by atoms with Crippen LogP contribution >= 0.6 is 0 Å². The van der Waals surface area contributed by atoms with Gasteiger partial charge in [-0.1, -0.05) is 48.5 Å². The van der Waals surface area contributed by atoms with E-state index in [2.05, 4.69) is 68.5 Å². The summed E-state index contributed by atoms with van der Waals surface area (Å²) in [6, 6.07) is 24.3. The van der Waals surface area contributed by atoms with Gasteiger partial charge in [-0.3, -0.25) is 19.9 Å². The zero-order valence-electron chi connectivity index (χ0n) is 15.0. The summed E-state index contributed by atoms with van der Waals surface area (Å²) >= 11 is 0. The molecule has 0 bridgehead atoms. The van der Waals surface area contributed by atoms with E-state index in [0.29, 0.717) is 0 Å². The highest BCUT2D eigenvalue weighted by Gasteiger charge is 2.01. The van der Waals surface area contributed by atoms with E-state index in [4.69, 9.17) is 0 Å². The van der Waals surface area contributed by atoms with Crippen molar-refractivity contribution in [2.24, 2.45) is 0 Å². The van der Waals surface area contributed by atoms with E-state index in [1.165, 1.54) is 0 Å². The molecule has 28 heavy (non-hydrogen) atoms. The Hall–Kier alpha value is -3.92. The van der Waals surface area contributed by atoms with Crippen molar-refractivity contribution in [2.75, 3.05) is 0 Å². The van der Waals surface area contributed by atoms with Crippen LogP contribution in [0.25, 0.3) is 43.6 Å². The fourth-order valence-electron chi connectivity index (χ4n) is 3.36. The normalized spacial score (nSPS) is 10.9. The van der Waals surface area contributed by atoms with E-state index < -0.39 is 0 Å². The summed E-state index contributed by atoms with van der Waals surface area (Å²) < 4.78 is 0. The lowest BCUT2D eigenvalue weighted by atomic mass is 10.1. The van der Waals surface area contributed by atoms with Crippen LogP contribution in [-0.2, 0) is 0 Å². The van der Waals surface area contributed by atoms with Gasteiger partial charge in [-0.15, -0.1) is 0 Å². The Morgan fingerprint density at radius 3 is 0.821 bits per heavy atom. The number of rotatable bonds is 0. The molecule has 0 atom stereocenters. The topological polar surface area (TPSA) is 51.6 Å². The molecule has 0 saturated heterocycles. The van der Waals surface area contributed by atoms with Crippen molar-refractivity contribution < 1.29 is 0 Å². The first-order valence-corrected chi connectivity index (χ1v) is 9.07. The highest BCUT2D eigenvalue weighted by Crippen LogP contribution is 2.21. The molecule has 4 aromatic heterocycles. The minimum atomic E-state index is 0.977. The zero-order valence-corrected chi connectivity index (χ0v) is 15.0. The van der Waals surface area contributed by atoms with Crippen molar-refractivity contribution in [3.05, 3.63) is 97.6 Å². The summed E-state index contributed by atoms with van der Waals surface area (Å²) in [7, 11) is 0. The fraction of sp³-hybridized carbons (Fsp3) is 0. The third kappa shape index (κ3) is 2.91. The second kappa shape index (κ2) is 7.00. The van der Waals surface area contributed by atoms with Gasteiger partial charge >= 0.3 is 0 Å². The van der Waals surface area contributed by atoms with Crippen LogP contribution in [-0.4, -0.2) is 19.9 Å². The van der Waals surface area contributed by atoms with Gasteiger partial charge in [0.05, 0.1) is 22.1 Å². The summed E-state index contributed by atoms with van der Waals surface area (Å²) in [5.41, 5.74) is 3.91. The lowest BCUT2D eigenvalue weighted by molar-refractivity contribution is 1.37. The highest BCUT2D eigenvalue weighted by atomic mass is 14.7. The molecule has 0 aliphatic heterocycles. The smallest absolute Gasteiger partial charge is 0.0964 e. The minimum absolute atomic E-state index is 0.977. The van der Waals surface area contributed by atoms with Gasteiger partial charge in [0.1, 0.15) is 0 Å². The van der Waals surface area contributed by atoms with E-state index in [0.717, 1.165) is 43.6 Å². The van der Waals surface area contributed by atoms with Gasteiger partial charge in [0.15, 0.2) is 0 Å². The molecule has 0 spiro atoms. The van der Waals surface area contributed by atoms with Gasteiger partial charge in [0, 0.05) is 46.3 Å². The number of aromatic nitrogens is 4. The lowest BCUT2D eigenvalue weighted by Crippen LogP contribution is -1.83. The first-order chi connectivity index (χ1) is 13.9. The Kier molecular flexibility index (Phi) is 4.07. The molecule has 2 aromatic carbocycles. The molecule has 0 N–H and O–H groups in total. The molecule has 0 aliphatic carbocycles. The Labute approximate surface area is 161 Å². The van der Waals surface area contributed by atoms with Crippen LogP contribution in [0.5, 0.6) is 0 Å². The predicted molar refractivity (Wildman–Crippen MR) is 114 cm³/mol. The Balaban J connectivity index is 0.000000122. The zero-order chi connectivity index (χ0) is 18.8. The van der Waals surface area contributed by atoms with Crippen molar-refractivity contribution in [3.63, 3.8) is 0 Å². The van der Waals surface area contributed by atoms with Crippen molar-refractivity contribution in [3.8, 4) is 0 Å². The van der Waals surface area contributed by atoms with E-state index in [1.54, 1.807) is 24.8 Å². The average molecular weight is 360 g/mol. The summed E-state index contributed by atoms with van der Waals surface area (Å²) in [5.74, 6) is 0. The first kappa shape index (κ1) is 16.3. The number of benzene rings is 2. The molecule has 132 valence electrons. The molecule has 4 heteroatoms. The Morgan fingerprint density at radius 1 is 0.321 bits per heavy atom. The molecule has 4 nitrogen and oxygen atoms in total. The molecule has 6 rings (SSSR count). The molecule has 0 aliphatic rings. The van der Waals surface area contributed by atoms with E-state index >= 15 is 0 Å². The maximum Gasteiger partial charge on any atom is 0.0964 e. The maximum absolute atomic E-state index is 4.35. The minimum Gasteiger partial charge on any atom is -0.254 e. The molecular formula is C24H16N4. The van der Waals surface area contributed by atoms with E-state index in [1.807, 2.05) is 24.3 Å². The second-order valence-electron chi connectivity index (χ2n) is 6.43. The molecular weight excluding hydrogens is 344 g/mol. The lowest BCUT2D eigenvalue weighted by Gasteiger charge is -2.00. The number of hydrogen-bond acceptors (Lipinski definition) is 4. The molecule has 6 aromatic rings. The molecule has 0 fully saturated rings. The van der Waals surface area contributed by atoms with E-state index in [9.17, 15) is 0 Å². The number of pyridine rings is 4. The van der Waals surface area contributed by atoms with Gasteiger partial charge < -0.3 is 0 Å². The highest BCUT2D eigenvalue weighted by molar-refractivity contribution is 6.03. The van der Waals surface area contributed by atoms with Crippen LogP contribution in [0.15, 0.2) is 97.6 Å². The van der Waals surface area contributed by atoms with Crippen LogP contribution < -0.4 is 0 Å². The summed E-state index contributed by atoms with van der Waals surface area (Å²) in [6.07, 6.45) is 7.21. The van der Waals surface area contributed by atoms with Crippen LogP contribution in [0.3, 0.4) is 0 Å². The molecule has 0 radical (unpaired) electrons. The van der Waals surface area contributed by atoms with Gasteiger partial charge in [-0.05, 0) is 24.3 Å². The first-order valence-electron chi connectivity index (χ1n) is 9.07. The van der Waals surface area contributed by atoms with Gasteiger partial charge in [0.2, 0.25) is 0 Å². The Morgan fingerprint density at radius 2 is 0.571 bits per heavy atom. The SMILES string of the molecule is c1cnc2c(c1)ccc1cccnc12.c1cnc2c(c1)ccc1cccnc12. The quantitative estimate of drug-likeness (QED) is 0.333. The van der Waals surface area contributed by atoms with Crippen LogP contribution in [0.4, 0.5) is 0 Å². The molecule has 0 amide bonds. The van der Waals surface area contributed by atoms with Crippen molar-refractivity contribution in [1.82, 2.24) is 19.9 Å². The number of fused-ring (bicyclic) bond motifs is 6. The van der Waals surface area contributed by atoms with Gasteiger partial charge in [-0.2, -0.15) is 0 Å². The molecule has 4 heterocycles. The summed E-state index contributed by atoms with van der Waals surface area (Å²) in [4.78, 5) is 17.4. The fourth-order valence-corrected chi connectivity index (χ4v) is 3.36. The monoisotopic (exact) mass is 360 g/mol. The summed E-state index contributed by atoms with van der Waals surface area (Å²) in [5, 5.41) is 4.55. The number of hydrogen-bond donors (Lipinski definition) is 0. The van der Waals surface area contributed by atoms with Crippen LogP contribution in [0.1, 0.15) is 0 Å². The van der Waals surface area contributed by atoms with Gasteiger partial charge in [0.25, 0.3) is 0 Å². The van der Waals surface area contributed by atoms with Crippen LogP contribution in [0, 0.1) is 0 Å². The third-order valence-electron chi connectivity index (χ3n) is 4.69. The van der Waals surface area contributed by atoms with Crippen molar-refractivity contribution in [1.29, 1.82) is 0 Å². The maximum atomic E-state index is 4.35. The molecule has 0 unspecified atom stereocenters. The largest absolute Gasteiger partial charge is 0.254 e. The average Bonchev–Trinajstić information content (AvgIpc) is 2.79. The number of nitrogens with zero attached hydrogens (tertiary/aromatic N) is 4. The second-order valence-corrected chi connectivity index (χ2v) is 6.43. The standard InChI is InChI=1S/2C12H8N2/c2*1-3-9-5-6-10-4-2-8-14-12(10)11(9)13-7-1/h2*1-8H. The van der Waals surface area contributed by atoms with Crippen molar-refractivity contribution in [2.45, 2.75) is 0 Å². The summed E-state index contributed by atoms with van der Waals surface area (Å²) in [6.45, 7) is 0.